The fourth-order valence-corrected chi connectivity index (χ4v) is 4.02. The highest BCUT2D eigenvalue weighted by Gasteiger charge is 2.29. The molecule has 0 fully saturated rings. The lowest BCUT2D eigenvalue weighted by Gasteiger charge is -2.29. The molecule has 7 heteroatoms. The molecule has 7 nitrogen and oxygen atoms in total. The van der Waals surface area contributed by atoms with Crippen molar-refractivity contribution in [3.63, 3.8) is 0 Å². The van der Waals surface area contributed by atoms with Gasteiger partial charge in [0.05, 0.1) is 0 Å². The number of anilines is 1. The molecule has 3 amide bonds. The first-order valence-electron chi connectivity index (χ1n) is 13.2. The van der Waals surface area contributed by atoms with Crippen molar-refractivity contribution in [3.05, 3.63) is 101 Å². The lowest BCUT2D eigenvalue weighted by Crippen LogP contribution is -2.47. The molecule has 0 bridgehead atoms. The van der Waals surface area contributed by atoms with E-state index >= 15 is 0 Å². The van der Waals surface area contributed by atoms with E-state index in [1.165, 1.54) is 5.56 Å². The smallest absolute Gasteiger partial charge is 0.408 e. The highest BCUT2D eigenvalue weighted by atomic mass is 16.6. The minimum atomic E-state index is -0.946. The summed E-state index contributed by atoms with van der Waals surface area (Å²) in [5.41, 5.74) is 5.22. The molecule has 1 unspecified atom stereocenters. The summed E-state index contributed by atoms with van der Waals surface area (Å²) < 4.78 is 5.22. The van der Waals surface area contributed by atoms with Crippen molar-refractivity contribution in [1.82, 2.24) is 10.6 Å². The van der Waals surface area contributed by atoms with Crippen LogP contribution in [0.25, 0.3) is 0 Å². The van der Waals surface area contributed by atoms with Crippen LogP contribution >= 0.6 is 0 Å². The first-order valence-corrected chi connectivity index (χ1v) is 13.2. The SMILES string of the molecule is Cc1ccc(CCN(C(=O)C(NC(=O)CNC(=O)OC(C)(C)C)c2ccccc2)c2ccc(C)c(C)c2)cc1. The highest BCUT2D eigenvalue weighted by molar-refractivity contribution is 6.00. The molecular formula is C32H39N3O4. The third kappa shape index (κ3) is 8.99. The highest BCUT2D eigenvalue weighted by Crippen LogP contribution is 2.24. The standard InChI is InChI=1S/C32H39N3O4/c1-22-12-15-25(16-13-22)18-19-35(27-17-14-23(2)24(3)20-27)30(37)29(26-10-8-7-9-11-26)34-28(36)21-33-31(38)39-32(4,5)6/h7-17,20,29H,18-19,21H2,1-6H3,(H,33,38)(H,34,36). The molecule has 0 aromatic heterocycles. The van der Waals surface area contributed by atoms with E-state index in [9.17, 15) is 14.4 Å². The van der Waals surface area contributed by atoms with Crippen molar-refractivity contribution in [1.29, 1.82) is 0 Å². The number of ether oxygens (including phenoxy) is 1. The van der Waals surface area contributed by atoms with Crippen LogP contribution in [0, 0.1) is 20.8 Å². The molecule has 2 N–H and O–H groups in total. The van der Waals surface area contributed by atoms with E-state index in [4.69, 9.17) is 4.74 Å². The average molecular weight is 530 g/mol. The Morgan fingerprint density at radius 2 is 1.54 bits per heavy atom. The molecule has 1 atom stereocenters. The van der Waals surface area contributed by atoms with Crippen molar-refractivity contribution >= 4 is 23.6 Å². The molecule has 0 aliphatic heterocycles. The molecule has 0 saturated carbocycles. The molecule has 0 aliphatic carbocycles. The molecule has 206 valence electrons. The second kappa shape index (κ2) is 13.1. The minimum Gasteiger partial charge on any atom is -0.444 e. The van der Waals surface area contributed by atoms with Crippen LogP contribution in [0.2, 0.25) is 0 Å². The van der Waals surface area contributed by atoms with Gasteiger partial charge in [0.15, 0.2) is 0 Å². The van der Waals surface area contributed by atoms with E-state index in [1.54, 1.807) is 25.7 Å². The zero-order chi connectivity index (χ0) is 28.6. The quantitative estimate of drug-likeness (QED) is 0.379. The molecule has 0 aliphatic rings. The number of carbonyl (C=O) groups is 3. The zero-order valence-corrected chi connectivity index (χ0v) is 23.7. The average Bonchev–Trinajstić information content (AvgIpc) is 2.88. The van der Waals surface area contributed by atoms with E-state index in [0.29, 0.717) is 18.5 Å². The van der Waals surface area contributed by atoms with Gasteiger partial charge < -0.3 is 20.3 Å². The summed E-state index contributed by atoms with van der Waals surface area (Å²) in [5, 5.41) is 5.30. The Morgan fingerprint density at radius 3 is 2.15 bits per heavy atom. The van der Waals surface area contributed by atoms with Crippen LogP contribution in [0.1, 0.15) is 54.6 Å². The Morgan fingerprint density at radius 1 is 0.872 bits per heavy atom. The van der Waals surface area contributed by atoms with Crippen LogP contribution < -0.4 is 15.5 Å². The fourth-order valence-electron chi connectivity index (χ4n) is 4.02. The number of aryl methyl sites for hydroxylation is 3. The molecule has 0 saturated heterocycles. The lowest BCUT2D eigenvalue weighted by molar-refractivity contribution is -0.127. The van der Waals surface area contributed by atoms with Gasteiger partial charge in [-0.3, -0.25) is 9.59 Å². The van der Waals surface area contributed by atoms with E-state index in [1.807, 2.05) is 69.3 Å². The van der Waals surface area contributed by atoms with Gasteiger partial charge in [0.1, 0.15) is 18.2 Å². The fraction of sp³-hybridized carbons (Fsp3) is 0.344. The lowest BCUT2D eigenvalue weighted by atomic mass is 10.0. The Labute approximate surface area is 231 Å². The largest absolute Gasteiger partial charge is 0.444 e. The van der Waals surface area contributed by atoms with Gasteiger partial charge in [0.2, 0.25) is 5.91 Å². The summed E-state index contributed by atoms with van der Waals surface area (Å²) in [6, 6.07) is 22.4. The molecule has 39 heavy (non-hydrogen) atoms. The molecule has 3 aromatic carbocycles. The van der Waals surface area contributed by atoms with Crippen LogP contribution in [0.5, 0.6) is 0 Å². The van der Waals surface area contributed by atoms with Crippen molar-refractivity contribution in [2.45, 2.75) is 59.6 Å². The van der Waals surface area contributed by atoms with Crippen LogP contribution in [0.3, 0.4) is 0 Å². The minimum absolute atomic E-state index is 0.262. The molecular weight excluding hydrogens is 490 g/mol. The van der Waals surface area contributed by atoms with E-state index in [-0.39, 0.29) is 12.5 Å². The number of benzene rings is 3. The summed E-state index contributed by atoms with van der Waals surface area (Å²) in [7, 11) is 0. The molecule has 0 spiro atoms. The Kier molecular flexibility index (Phi) is 9.88. The zero-order valence-electron chi connectivity index (χ0n) is 23.7. The Balaban J connectivity index is 1.87. The van der Waals surface area contributed by atoms with Crippen LogP contribution in [-0.4, -0.2) is 36.6 Å². The van der Waals surface area contributed by atoms with Gasteiger partial charge in [-0.2, -0.15) is 0 Å². The van der Waals surface area contributed by atoms with E-state index < -0.39 is 23.6 Å². The van der Waals surface area contributed by atoms with Gasteiger partial charge in [0, 0.05) is 12.2 Å². The van der Waals surface area contributed by atoms with Crippen LogP contribution in [0.15, 0.2) is 72.8 Å². The number of rotatable bonds is 9. The van der Waals surface area contributed by atoms with Gasteiger partial charge >= 0.3 is 6.09 Å². The summed E-state index contributed by atoms with van der Waals surface area (Å²) in [5.74, 6) is -0.760. The Bertz CT molecular complexity index is 1280. The maximum absolute atomic E-state index is 14.2. The molecule has 0 heterocycles. The maximum Gasteiger partial charge on any atom is 0.408 e. The normalized spacial score (nSPS) is 11.8. The van der Waals surface area contributed by atoms with Crippen molar-refractivity contribution in [3.8, 4) is 0 Å². The first-order chi connectivity index (χ1) is 18.4. The number of amides is 3. The number of hydrogen-bond donors (Lipinski definition) is 2. The predicted molar refractivity (Wildman–Crippen MR) is 155 cm³/mol. The number of nitrogens with zero attached hydrogens (tertiary/aromatic N) is 1. The number of nitrogens with one attached hydrogen (secondary N) is 2. The van der Waals surface area contributed by atoms with Crippen LogP contribution in [-0.2, 0) is 20.7 Å². The topological polar surface area (TPSA) is 87.7 Å². The maximum atomic E-state index is 14.2. The molecule has 0 radical (unpaired) electrons. The summed E-state index contributed by atoms with van der Waals surface area (Å²) in [6.45, 7) is 11.4. The van der Waals surface area contributed by atoms with E-state index in [0.717, 1.165) is 22.4 Å². The number of alkyl carbamates (subject to hydrolysis) is 1. The van der Waals surface area contributed by atoms with Gasteiger partial charge in [-0.05, 0) is 82.3 Å². The molecule has 3 rings (SSSR count). The van der Waals surface area contributed by atoms with Gasteiger partial charge in [-0.1, -0.05) is 66.2 Å². The van der Waals surface area contributed by atoms with Crippen molar-refractivity contribution in [2.75, 3.05) is 18.0 Å². The van der Waals surface area contributed by atoms with Gasteiger partial charge in [-0.15, -0.1) is 0 Å². The van der Waals surface area contributed by atoms with Crippen molar-refractivity contribution in [2.24, 2.45) is 0 Å². The third-order valence-corrected chi connectivity index (χ3v) is 6.29. The predicted octanol–water partition coefficient (Wildman–Crippen LogP) is 5.57. The summed E-state index contributed by atoms with van der Waals surface area (Å²) >= 11 is 0. The van der Waals surface area contributed by atoms with Gasteiger partial charge in [0.25, 0.3) is 5.91 Å². The first kappa shape index (κ1) is 29.4. The third-order valence-electron chi connectivity index (χ3n) is 6.29. The molecule has 3 aromatic rings. The van der Waals surface area contributed by atoms with Crippen LogP contribution in [0.4, 0.5) is 10.5 Å². The van der Waals surface area contributed by atoms with Crippen molar-refractivity contribution < 1.29 is 19.1 Å². The Hall–Kier alpha value is -4.13. The second-order valence-corrected chi connectivity index (χ2v) is 10.8. The number of hydrogen-bond acceptors (Lipinski definition) is 4. The van der Waals surface area contributed by atoms with Gasteiger partial charge in [-0.25, -0.2) is 4.79 Å². The number of carbonyl (C=O) groups excluding carboxylic acids is 3. The summed E-state index contributed by atoms with van der Waals surface area (Å²) in [6.07, 6.45) is -0.0516. The second-order valence-electron chi connectivity index (χ2n) is 10.8. The summed E-state index contributed by atoms with van der Waals surface area (Å²) in [4.78, 5) is 40.9. The monoisotopic (exact) mass is 529 g/mol. The van der Waals surface area contributed by atoms with E-state index in [2.05, 4.69) is 34.9 Å².